The summed E-state index contributed by atoms with van der Waals surface area (Å²) in [7, 11) is 1.64. The third kappa shape index (κ3) is 2.19. The molecule has 1 aliphatic carbocycles. The van der Waals surface area contributed by atoms with Crippen LogP contribution in [0.1, 0.15) is 26.2 Å². The lowest BCUT2D eigenvalue weighted by atomic mass is 10.0. The van der Waals surface area contributed by atoms with E-state index in [0.29, 0.717) is 13.3 Å². The van der Waals surface area contributed by atoms with Crippen LogP contribution >= 0.6 is 0 Å². The zero-order valence-electron chi connectivity index (χ0n) is 8.01. The van der Waals surface area contributed by atoms with E-state index in [-0.39, 0.29) is 5.60 Å². The highest BCUT2D eigenvalue weighted by Crippen LogP contribution is 2.36. The molecule has 0 aromatic heterocycles. The summed E-state index contributed by atoms with van der Waals surface area (Å²) in [5.74, 6) is 0.741. The van der Waals surface area contributed by atoms with E-state index in [4.69, 9.17) is 15.2 Å². The fourth-order valence-electron chi connectivity index (χ4n) is 1.91. The van der Waals surface area contributed by atoms with Gasteiger partial charge < -0.3 is 15.2 Å². The van der Waals surface area contributed by atoms with Gasteiger partial charge in [0, 0.05) is 13.7 Å². The van der Waals surface area contributed by atoms with Crippen molar-refractivity contribution < 1.29 is 9.47 Å². The summed E-state index contributed by atoms with van der Waals surface area (Å²) < 4.78 is 10.5. The highest BCUT2D eigenvalue weighted by atomic mass is 16.7. The Balaban J connectivity index is 2.41. The lowest BCUT2D eigenvalue weighted by Crippen LogP contribution is -2.38. The van der Waals surface area contributed by atoms with E-state index in [9.17, 15) is 0 Å². The van der Waals surface area contributed by atoms with Crippen LogP contribution in [0.15, 0.2) is 0 Å². The van der Waals surface area contributed by atoms with Gasteiger partial charge >= 0.3 is 0 Å². The molecule has 0 bridgehead atoms. The lowest BCUT2D eigenvalue weighted by Gasteiger charge is -2.27. The van der Waals surface area contributed by atoms with Gasteiger partial charge in [0.15, 0.2) is 0 Å². The van der Waals surface area contributed by atoms with E-state index < -0.39 is 0 Å². The monoisotopic (exact) mass is 173 g/mol. The average molecular weight is 173 g/mol. The molecule has 0 spiro atoms. The van der Waals surface area contributed by atoms with E-state index >= 15 is 0 Å². The molecule has 12 heavy (non-hydrogen) atoms. The van der Waals surface area contributed by atoms with Gasteiger partial charge in [-0.2, -0.15) is 0 Å². The predicted octanol–water partition coefficient (Wildman–Crippen LogP) is 1.12. The molecule has 1 saturated carbocycles. The summed E-state index contributed by atoms with van der Waals surface area (Å²) in [6, 6.07) is 0. The first-order valence-electron chi connectivity index (χ1n) is 4.55. The number of nitrogens with two attached hydrogens (primary N) is 1. The molecular weight excluding hydrogens is 154 g/mol. The second-order valence-corrected chi connectivity index (χ2v) is 3.79. The van der Waals surface area contributed by atoms with Crippen molar-refractivity contribution in [2.45, 2.75) is 31.8 Å². The Morgan fingerprint density at radius 2 is 2.33 bits per heavy atom. The molecule has 72 valence electrons. The molecule has 1 aliphatic rings. The molecule has 0 aliphatic heterocycles. The molecule has 0 amide bonds. The first-order valence-corrected chi connectivity index (χ1v) is 4.55. The van der Waals surface area contributed by atoms with Crippen molar-refractivity contribution in [2.24, 2.45) is 11.7 Å². The first kappa shape index (κ1) is 9.96. The van der Waals surface area contributed by atoms with Gasteiger partial charge in [-0.1, -0.05) is 6.92 Å². The molecule has 3 heteroatoms. The molecule has 0 radical (unpaired) electrons. The standard InChI is InChI=1S/C9H19NO2/c1-8-3-4-9(5-8,6-10)12-7-11-2/h8H,3-7,10H2,1-2H3. The van der Waals surface area contributed by atoms with Gasteiger partial charge in [0.05, 0.1) is 5.60 Å². The Bertz CT molecular complexity index is 140. The predicted molar refractivity (Wildman–Crippen MR) is 47.8 cm³/mol. The van der Waals surface area contributed by atoms with E-state index in [1.165, 1.54) is 6.42 Å². The van der Waals surface area contributed by atoms with E-state index in [0.717, 1.165) is 18.8 Å². The number of hydrogen-bond donors (Lipinski definition) is 1. The van der Waals surface area contributed by atoms with Crippen molar-refractivity contribution in [1.29, 1.82) is 0 Å². The molecule has 2 atom stereocenters. The van der Waals surface area contributed by atoms with Crippen LogP contribution in [0.2, 0.25) is 0 Å². The summed E-state index contributed by atoms with van der Waals surface area (Å²) in [6.45, 7) is 3.22. The summed E-state index contributed by atoms with van der Waals surface area (Å²) in [5, 5.41) is 0. The largest absolute Gasteiger partial charge is 0.359 e. The minimum Gasteiger partial charge on any atom is -0.359 e. The number of rotatable bonds is 4. The van der Waals surface area contributed by atoms with Crippen molar-refractivity contribution in [3.05, 3.63) is 0 Å². The molecule has 1 rings (SSSR count). The highest BCUT2D eigenvalue weighted by molar-refractivity contribution is 4.90. The molecule has 3 nitrogen and oxygen atoms in total. The van der Waals surface area contributed by atoms with Crippen molar-refractivity contribution >= 4 is 0 Å². The summed E-state index contributed by atoms with van der Waals surface area (Å²) >= 11 is 0. The molecule has 0 aromatic rings. The number of ether oxygens (including phenoxy) is 2. The van der Waals surface area contributed by atoms with E-state index in [2.05, 4.69) is 6.92 Å². The molecule has 0 aromatic carbocycles. The van der Waals surface area contributed by atoms with Gasteiger partial charge in [0.1, 0.15) is 6.79 Å². The second-order valence-electron chi connectivity index (χ2n) is 3.79. The maximum Gasteiger partial charge on any atom is 0.147 e. The SMILES string of the molecule is COCOC1(CN)CCC(C)C1. The lowest BCUT2D eigenvalue weighted by molar-refractivity contribution is -0.124. The molecule has 2 unspecified atom stereocenters. The fourth-order valence-corrected chi connectivity index (χ4v) is 1.91. The maximum absolute atomic E-state index is 5.69. The second kappa shape index (κ2) is 4.21. The van der Waals surface area contributed by atoms with Gasteiger partial charge in [0.25, 0.3) is 0 Å². The van der Waals surface area contributed by atoms with Crippen LogP contribution in [-0.2, 0) is 9.47 Å². The first-order chi connectivity index (χ1) is 5.72. The van der Waals surface area contributed by atoms with Crippen LogP contribution in [0, 0.1) is 5.92 Å². The quantitative estimate of drug-likeness (QED) is 0.648. The summed E-state index contributed by atoms with van der Waals surface area (Å²) in [5.41, 5.74) is 5.60. The molecule has 0 heterocycles. The van der Waals surface area contributed by atoms with Crippen molar-refractivity contribution in [3.8, 4) is 0 Å². The van der Waals surface area contributed by atoms with Crippen LogP contribution in [0.5, 0.6) is 0 Å². The van der Waals surface area contributed by atoms with Crippen LogP contribution in [0.25, 0.3) is 0 Å². The summed E-state index contributed by atoms with van der Waals surface area (Å²) in [6.07, 6.45) is 3.38. The Kier molecular flexibility index (Phi) is 3.50. The Morgan fingerprint density at radius 3 is 2.75 bits per heavy atom. The zero-order chi connectivity index (χ0) is 9.03. The Hall–Kier alpha value is -0.120. The molecular formula is C9H19NO2. The number of methoxy groups -OCH3 is 1. The Morgan fingerprint density at radius 1 is 1.58 bits per heavy atom. The Labute approximate surface area is 74.2 Å². The van der Waals surface area contributed by atoms with Gasteiger partial charge in [-0.25, -0.2) is 0 Å². The van der Waals surface area contributed by atoms with Gasteiger partial charge in [-0.15, -0.1) is 0 Å². The van der Waals surface area contributed by atoms with Crippen LogP contribution in [0.4, 0.5) is 0 Å². The van der Waals surface area contributed by atoms with Crippen LogP contribution < -0.4 is 5.73 Å². The third-order valence-corrected chi connectivity index (χ3v) is 2.67. The van der Waals surface area contributed by atoms with Crippen LogP contribution in [0.3, 0.4) is 0 Å². The third-order valence-electron chi connectivity index (χ3n) is 2.67. The maximum atomic E-state index is 5.69. The zero-order valence-corrected chi connectivity index (χ0v) is 8.01. The van der Waals surface area contributed by atoms with Gasteiger partial charge in [0.2, 0.25) is 0 Å². The van der Waals surface area contributed by atoms with Crippen molar-refractivity contribution in [3.63, 3.8) is 0 Å². The normalized spacial score (nSPS) is 35.8. The van der Waals surface area contributed by atoms with Crippen molar-refractivity contribution in [2.75, 3.05) is 20.4 Å². The van der Waals surface area contributed by atoms with Gasteiger partial charge in [-0.3, -0.25) is 0 Å². The molecule has 1 fully saturated rings. The molecule has 2 N–H and O–H groups in total. The van der Waals surface area contributed by atoms with Crippen molar-refractivity contribution in [1.82, 2.24) is 0 Å². The topological polar surface area (TPSA) is 44.5 Å². The van der Waals surface area contributed by atoms with Crippen LogP contribution in [-0.4, -0.2) is 26.0 Å². The number of hydrogen-bond acceptors (Lipinski definition) is 3. The fraction of sp³-hybridized carbons (Fsp3) is 1.00. The summed E-state index contributed by atoms with van der Waals surface area (Å²) in [4.78, 5) is 0. The van der Waals surface area contributed by atoms with Gasteiger partial charge in [-0.05, 0) is 25.2 Å². The molecule has 0 saturated heterocycles. The van der Waals surface area contributed by atoms with E-state index in [1.54, 1.807) is 7.11 Å². The average Bonchev–Trinajstić information content (AvgIpc) is 2.45. The minimum absolute atomic E-state index is 0.0879. The van der Waals surface area contributed by atoms with E-state index in [1.807, 2.05) is 0 Å². The minimum atomic E-state index is -0.0879. The highest BCUT2D eigenvalue weighted by Gasteiger charge is 2.37. The smallest absolute Gasteiger partial charge is 0.147 e.